The fourth-order valence-electron chi connectivity index (χ4n) is 2.55. The molecule has 0 bridgehead atoms. The van der Waals surface area contributed by atoms with Crippen LogP contribution < -0.4 is 5.32 Å². The summed E-state index contributed by atoms with van der Waals surface area (Å²) in [4.78, 5) is 4.16. The van der Waals surface area contributed by atoms with E-state index in [-0.39, 0.29) is 11.9 Å². The van der Waals surface area contributed by atoms with E-state index in [2.05, 4.69) is 17.2 Å². The number of aromatic nitrogens is 1. The van der Waals surface area contributed by atoms with E-state index in [9.17, 15) is 4.39 Å². The van der Waals surface area contributed by atoms with Crippen molar-refractivity contribution < 1.29 is 4.39 Å². The van der Waals surface area contributed by atoms with Gasteiger partial charge in [0.05, 0.1) is 11.7 Å². The van der Waals surface area contributed by atoms with Crippen molar-refractivity contribution in [3.8, 4) is 0 Å². The molecule has 2 nitrogen and oxygen atoms in total. The summed E-state index contributed by atoms with van der Waals surface area (Å²) < 4.78 is 13.7. The number of nitrogens with one attached hydrogen (secondary N) is 1. The van der Waals surface area contributed by atoms with Gasteiger partial charge in [-0.15, -0.1) is 0 Å². The van der Waals surface area contributed by atoms with E-state index in [4.69, 9.17) is 0 Å². The summed E-state index contributed by atoms with van der Waals surface area (Å²) in [5.41, 5.74) is 0.554. The lowest BCUT2D eigenvalue weighted by Crippen LogP contribution is -2.19. The van der Waals surface area contributed by atoms with Crippen molar-refractivity contribution in [2.45, 2.75) is 70.8 Å². The molecule has 1 rings (SSSR count). The van der Waals surface area contributed by atoms with Crippen molar-refractivity contribution in [3.05, 3.63) is 29.8 Å². The third-order valence-electron chi connectivity index (χ3n) is 3.81. The molecule has 3 heteroatoms. The lowest BCUT2D eigenvalue weighted by molar-refractivity contribution is 0.463. The average molecular weight is 280 g/mol. The molecule has 1 aromatic heterocycles. The predicted octanol–water partition coefficient (Wildman–Crippen LogP) is 5.01. The van der Waals surface area contributed by atoms with Crippen LogP contribution in [0.1, 0.15) is 76.4 Å². The van der Waals surface area contributed by atoms with Gasteiger partial charge < -0.3 is 5.32 Å². The van der Waals surface area contributed by atoms with Gasteiger partial charge in [0.25, 0.3) is 0 Å². The van der Waals surface area contributed by atoms with Crippen LogP contribution in [0.2, 0.25) is 0 Å². The highest BCUT2D eigenvalue weighted by molar-refractivity contribution is 5.11. The Kier molecular flexibility index (Phi) is 9.22. The standard InChI is InChI=1S/C17H29FN2/c1-3-4-5-6-7-8-9-10-13-16(19-2)17-15(18)12-11-14-20-17/h11-12,14,16,19H,3-10,13H2,1-2H3. The first-order valence-corrected chi connectivity index (χ1v) is 8.07. The summed E-state index contributed by atoms with van der Waals surface area (Å²) in [5.74, 6) is -0.202. The molecule has 0 fully saturated rings. The van der Waals surface area contributed by atoms with E-state index in [1.54, 1.807) is 12.3 Å². The van der Waals surface area contributed by atoms with E-state index in [0.717, 1.165) is 12.8 Å². The number of nitrogens with zero attached hydrogens (tertiary/aromatic N) is 1. The molecular formula is C17H29FN2. The molecule has 1 unspecified atom stereocenters. The molecule has 0 saturated carbocycles. The molecular weight excluding hydrogens is 251 g/mol. The van der Waals surface area contributed by atoms with Crippen molar-refractivity contribution in [3.63, 3.8) is 0 Å². The second-order valence-corrected chi connectivity index (χ2v) is 5.48. The van der Waals surface area contributed by atoms with Gasteiger partial charge >= 0.3 is 0 Å². The van der Waals surface area contributed by atoms with Gasteiger partial charge in [-0.05, 0) is 25.6 Å². The van der Waals surface area contributed by atoms with Crippen LogP contribution in [0.5, 0.6) is 0 Å². The minimum absolute atomic E-state index is 0.0382. The Morgan fingerprint density at radius 1 is 1.10 bits per heavy atom. The Hall–Kier alpha value is -0.960. The Labute approximate surface area is 123 Å². The molecule has 0 aliphatic carbocycles. The van der Waals surface area contributed by atoms with Gasteiger partial charge in [-0.1, -0.05) is 58.3 Å². The van der Waals surface area contributed by atoms with E-state index in [1.165, 1.54) is 51.0 Å². The third kappa shape index (κ3) is 6.47. The van der Waals surface area contributed by atoms with Gasteiger partial charge in [0.15, 0.2) is 0 Å². The Morgan fingerprint density at radius 3 is 2.35 bits per heavy atom. The molecule has 0 aliphatic rings. The van der Waals surface area contributed by atoms with Crippen LogP contribution >= 0.6 is 0 Å². The van der Waals surface area contributed by atoms with Crippen LogP contribution in [-0.4, -0.2) is 12.0 Å². The molecule has 20 heavy (non-hydrogen) atoms. The topological polar surface area (TPSA) is 24.9 Å². The fraction of sp³-hybridized carbons (Fsp3) is 0.706. The van der Waals surface area contributed by atoms with Crippen molar-refractivity contribution in [1.82, 2.24) is 10.3 Å². The van der Waals surface area contributed by atoms with E-state index < -0.39 is 0 Å². The second-order valence-electron chi connectivity index (χ2n) is 5.48. The summed E-state index contributed by atoms with van der Waals surface area (Å²) in [6.45, 7) is 2.24. The van der Waals surface area contributed by atoms with Crippen LogP contribution in [-0.2, 0) is 0 Å². The Bertz CT molecular complexity index is 355. The number of pyridine rings is 1. The summed E-state index contributed by atoms with van der Waals surface area (Å²) in [6, 6.07) is 3.17. The monoisotopic (exact) mass is 280 g/mol. The van der Waals surface area contributed by atoms with Gasteiger partial charge in [0.2, 0.25) is 0 Å². The van der Waals surface area contributed by atoms with Crippen LogP contribution in [0.15, 0.2) is 18.3 Å². The van der Waals surface area contributed by atoms with Gasteiger partial charge in [-0.25, -0.2) is 4.39 Å². The molecule has 0 aromatic carbocycles. The molecule has 1 N–H and O–H groups in total. The maximum Gasteiger partial charge on any atom is 0.146 e. The fourth-order valence-corrected chi connectivity index (χ4v) is 2.55. The minimum atomic E-state index is -0.202. The zero-order valence-corrected chi connectivity index (χ0v) is 13.0. The molecule has 1 atom stereocenters. The first-order chi connectivity index (χ1) is 9.79. The predicted molar refractivity (Wildman–Crippen MR) is 83.2 cm³/mol. The minimum Gasteiger partial charge on any atom is -0.312 e. The van der Waals surface area contributed by atoms with Crippen molar-refractivity contribution in [1.29, 1.82) is 0 Å². The number of rotatable bonds is 11. The number of unbranched alkanes of at least 4 members (excludes halogenated alkanes) is 7. The molecule has 0 amide bonds. The molecule has 0 saturated heterocycles. The molecule has 1 heterocycles. The quantitative estimate of drug-likeness (QED) is 0.576. The van der Waals surface area contributed by atoms with E-state index in [0.29, 0.717) is 5.69 Å². The Balaban J connectivity index is 2.18. The van der Waals surface area contributed by atoms with Gasteiger partial charge in [-0.3, -0.25) is 4.98 Å². The Morgan fingerprint density at radius 2 is 1.75 bits per heavy atom. The largest absolute Gasteiger partial charge is 0.312 e. The summed E-state index contributed by atoms with van der Waals surface area (Å²) in [5, 5.41) is 3.18. The van der Waals surface area contributed by atoms with E-state index >= 15 is 0 Å². The zero-order valence-electron chi connectivity index (χ0n) is 13.0. The van der Waals surface area contributed by atoms with Crippen molar-refractivity contribution in [2.75, 3.05) is 7.05 Å². The third-order valence-corrected chi connectivity index (χ3v) is 3.81. The molecule has 1 aromatic rings. The van der Waals surface area contributed by atoms with Gasteiger partial charge in [-0.2, -0.15) is 0 Å². The highest BCUT2D eigenvalue weighted by Gasteiger charge is 2.14. The van der Waals surface area contributed by atoms with Crippen LogP contribution in [0, 0.1) is 5.82 Å². The first kappa shape index (κ1) is 17.1. The summed E-state index contributed by atoms with van der Waals surface area (Å²) >= 11 is 0. The maximum absolute atomic E-state index is 13.7. The average Bonchev–Trinajstić information content (AvgIpc) is 2.47. The van der Waals surface area contributed by atoms with Crippen molar-refractivity contribution in [2.24, 2.45) is 0 Å². The molecule has 0 spiro atoms. The molecule has 0 radical (unpaired) electrons. The zero-order chi connectivity index (χ0) is 14.6. The van der Waals surface area contributed by atoms with Crippen LogP contribution in [0.25, 0.3) is 0 Å². The second kappa shape index (κ2) is 10.8. The normalized spacial score (nSPS) is 12.6. The maximum atomic E-state index is 13.7. The van der Waals surface area contributed by atoms with Crippen molar-refractivity contribution >= 4 is 0 Å². The SMILES string of the molecule is CCCCCCCCCCC(NC)c1ncccc1F. The lowest BCUT2D eigenvalue weighted by atomic mass is 10.0. The van der Waals surface area contributed by atoms with Gasteiger partial charge in [0, 0.05) is 6.20 Å². The smallest absolute Gasteiger partial charge is 0.146 e. The first-order valence-electron chi connectivity index (χ1n) is 8.07. The highest BCUT2D eigenvalue weighted by Crippen LogP contribution is 2.20. The molecule has 114 valence electrons. The van der Waals surface area contributed by atoms with E-state index in [1.807, 2.05) is 7.05 Å². The van der Waals surface area contributed by atoms with Crippen LogP contribution in [0.4, 0.5) is 4.39 Å². The highest BCUT2D eigenvalue weighted by atomic mass is 19.1. The lowest BCUT2D eigenvalue weighted by Gasteiger charge is -2.16. The number of hydrogen-bond donors (Lipinski definition) is 1. The number of hydrogen-bond acceptors (Lipinski definition) is 2. The number of halogens is 1. The summed E-state index contributed by atoms with van der Waals surface area (Å²) in [6.07, 6.45) is 13.0. The molecule has 0 aliphatic heterocycles. The summed E-state index contributed by atoms with van der Waals surface area (Å²) in [7, 11) is 1.88. The van der Waals surface area contributed by atoms with Gasteiger partial charge in [0.1, 0.15) is 5.82 Å². The van der Waals surface area contributed by atoms with Crippen LogP contribution in [0.3, 0.4) is 0 Å².